The van der Waals surface area contributed by atoms with E-state index in [0.717, 1.165) is 0 Å². The molecule has 1 fully saturated rings. The predicted molar refractivity (Wildman–Crippen MR) is 60.9 cm³/mol. The van der Waals surface area contributed by atoms with Crippen LogP contribution in [-0.4, -0.2) is 37.2 Å². The lowest BCUT2D eigenvalue weighted by Crippen LogP contribution is -2.48. The fourth-order valence-electron chi connectivity index (χ4n) is 1.93. The fraction of sp³-hybridized carbons (Fsp3) is 0.900. The molecule has 0 aromatic rings. The van der Waals surface area contributed by atoms with Crippen LogP contribution >= 0.6 is 0 Å². The molecule has 0 aromatic carbocycles. The number of carboxylic acid groups (broad SMARTS) is 1. The quantitative estimate of drug-likeness (QED) is 0.764. The highest BCUT2D eigenvalue weighted by molar-refractivity contribution is 7.89. The summed E-state index contributed by atoms with van der Waals surface area (Å²) >= 11 is 0. The molecule has 1 rings (SSSR count). The summed E-state index contributed by atoms with van der Waals surface area (Å²) in [6.07, 6.45) is -0.902. The number of carbonyl (C=O) groups is 1. The summed E-state index contributed by atoms with van der Waals surface area (Å²) < 4.78 is 50.5. The van der Waals surface area contributed by atoms with Crippen LogP contribution in [0.25, 0.3) is 0 Å². The third-order valence-electron chi connectivity index (χ3n) is 2.87. The van der Waals surface area contributed by atoms with Gasteiger partial charge in [-0.05, 0) is 11.8 Å². The van der Waals surface area contributed by atoms with E-state index in [4.69, 9.17) is 5.11 Å². The summed E-state index contributed by atoms with van der Waals surface area (Å²) in [5.74, 6) is -5.50. The summed E-state index contributed by atoms with van der Waals surface area (Å²) in [5.41, 5.74) is 0. The Labute approximate surface area is 105 Å². The molecule has 106 valence electrons. The summed E-state index contributed by atoms with van der Waals surface area (Å²) in [4.78, 5) is 10.8. The van der Waals surface area contributed by atoms with E-state index in [2.05, 4.69) is 0 Å². The van der Waals surface area contributed by atoms with E-state index in [0.29, 0.717) is 0 Å². The van der Waals surface area contributed by atoms with Gasteiger partial charge in [0.25, 0.3) is 0 Å². The van der Waals surface area contributed by atoms with Crippen molar-refractivity contribution in [1.29, 1.82) is 0 Å². The number of alkyl halides is 2. The standard InChI is InChI=1S/C10H17F2NO4S/c1-6(2)8(9(14)15)13-18(16,17)5-7-3-10(11,12)4-7/h6-8,13H,3-5H2,1-2H3,(H,14,15). The first kappa shape index (κ1) is 15.3. The van der Waals surface area contributed by atoms with Gasteiger partial charge in [-0.15, -0.1) is 0 Å². The van der Waals surface area contributed by atoms with Gasteiger partial charge in [-0.2, -0.15) is 0 Å². The molecular weight excluding hydrogens is 268 g/mol. The lowest BCUT2D eigenvalue weighted by Gasteiger charge is -2.34. The largest absolute Gasteiger partial charge is 0.480 e. The van der Waals surface area contributed by atoms with Crippen LogP contribution in [0, 0.1) is 11.8 Å². The number of aliphatic carboxylic acids is 1. The Morgan fingerprint density at radius 1 is 1.44 bits per heavy atom. The molecule has 0 bridgehead atoms. The highest BCUT2D eigenvalue weighted by atomic mass is 32.2. The Morgan fingerprint density at radius 3 is 2.28 bits per heavy atom. The van der Waals surface area contributed by atoms with Gasteiger partial charge in [-0.1, -0.05) is 13.8 Å². The maximum absolute atomic E-state index is 12.6. The van der Waals surface area contributed by atoms with E-state index in [1.807, 2.05) is 4.72 Å². The maximum Gasteiger partial charge on any atom is 0.321 e. The second-order valence-corrected chi connectivity index (χ2v) is 6.89. The van der Waals surface area contributed by atoms with Crippen LogP contribution in [0.4, 0.5) is 8.78 Å². The fourth-order valence-corrected chi connectivity index (χ4v) is 3.64. The lowest BCUT2D eigenvalue weighted by molar-refractivity contribution is -0.140. The molecule has 0 radical (unpaired) electrons. The molecule has 0 spiro atoms. The number of sulfonamides is 1. The van der Waals surface area contributed by atoms with Gasteiger partial charge in [0.2, 0.25) is 15.9 Å². The van der Waals surface area contributed by atoms with E-state index in [9.17, 15) is 22.0 Å². The Kier molecular flexibility index (Phi) is 4.32. The third kappa shape index (κ3) is 4.16. The van der Waals surface area contributed by atoms with Gasteiger partial charge in [0, 0.05) is 12.8 Å². The van der Waals surface area contributed by atoms with Crippen molar-refractivity contribution < 1.29 is 27.1 Å². The SMILES string of the molecule is CC(C)C(NS(=O)(=O)CC1CC(F)(F)C1)C(=O)O. The second kappa shape index (κ2) is 5.08. The van der Waals surface area contributed by atoms with Gasteiger partial charge in [0.15, 0.2) is 0 Å². The van der Waals surface area contributed by atoms with Crippen LogP contribution in [-0.2, 0) is 14.8 Å². The molecule has 0 aromatic heterocycles. The van der Waals surface area contributed by atoms with Crippen LogP contribution in [0.2, 0.25) is 0 Å². The zero-order chi connectivity index (χ0) is 14.1. The summed E-state index contributed by atoms with van der Waals surface area (Å²) in [7, 11) is -3.85. The van der Waals surface area contributed by atoms with Crippen molar-refractivity contribution in [3.05, 3.63) is 0 Å². The molecule has 18 heavy (non-hydrogen) atoms. The highest BCUT2D eigenvalue weighted by Gasteiger charge is 2.47. The molecule has 1 atom stereocenters. The molecule has 1 aliphatic carbocycles. The van der Waals surface area contributed by atoms with Crippen LogP contribution in [0.5, 0.6) is 0 Å². The van der Waals surface area contributed by atoms with E-state index in [1.54, 1.807) is 13.8 Å². The van der Waals surface area contributed by atoms with E-state index < -0.39 is 58.4 Å². The molecule has 0 saturated heterocycles. The minimum absolute atomic E-state index is 0.417. The lowest BCUT2D eigenvalue weighted by atomic mass is 9.83. The van der Waals surface area contributed by atoms with Gasteiger partial charge in [0.1, 0.15) is 6.04 Å². The number of hydrogen-bond acceptors (Lipinski definition) is 3. The number of carboxylic acids is 1. The first-order valence-electron chi connectivity index (χ1n) is 5.63. The molecule has 8 heteroatoms. The van der Waals surface area contributed by atoms with Crippen molar-refractivity contribution >= 4 is 16.0 Å². The van der Waals surface area contributed by atoms with E-state index in [-0.39, 0.29) is 0 Å². The van der Waals surface area contributed by atoms with Crippen molar-refractivity contribution in [2.45, 2.75) is 38.7 Å². The van der Waals surface area contributed by atoms with Gasteiger partial charge >= 0.3 is 5.97 Å². The topological polar surface area (TPSA) is 83.5 Å². The summed E-state index contributed by atoms with van der Waals surface area (Å²) in [6.45, 7) is 3.14. The normalized spacial score (nSPS) is 21.6. The molecule has 0 heterocycles. The van der Waals surface area contributed by atoms with E-state index in [1.165, 1.54) is 0 Å². The smallest absolute Gasteiger partial charge is 0.321 e. The molecule has 0 aliphatic heterocycles. The Morgan fingerprint density at radius 2 is 1.94 bits per heavy atom. The zero-order valence-corrected chi connectivity index (χ0v) is 11.0. The van der Waals surface area contributed by atoms with Gasteiger partial charge in [0.05, 0.1) is 5.75 Å². The van der Waals surface area contributed by atoms with Crippen LogP contribution in [0.15, 0.2) is 0 Å². The van der Waals surface area contributed by atoms with Crippen LogP contribution in [0.3, 0.4) is 0 Å². The Hall–Kier alpha value is -0.760. The first-order chi connectivity index (χ1) is 8.02. The van der Waals surface area contributed by atoms with Crippen molar-refractivity contribution in [3.8, 4) is 0 Å². The molecule has 0 amide bonds. The molecule has 1 aliphatic rings. The number of halogens is 2. The third-order valence-corrected chi connectivity index (χ3v) is 4.39. The van der Waals surface area contributed by atoms with Crippen molar-refractivity contribution in [1.82, 2.24) is 4.72 Å². The molecule has 1 saturated carbocycles. The van der Waals surface area contributed by atoms with Gasteiger partial charge in [-0.25, -0.2) is 21.9 Å². The number of hydrogen-bond donors (Lipinski definition) is 2. The molecule has 2 N–H and O–H groups in total. The Bertz CT molecular complexity index is 414. The average molecular weight is 285 g/mol. The van der Waals surface area contributed by atoms with Crippen molar-refractivity contribution in [3.63, 3.8) is 0 Å². The van der Waals surface area contributed by atoms with Crippen LogP contribution < -0.4 is 4.72 Å². The minimum Gasteiger partial charge on any atom is -0.480 e. The van der Waals surface area contributed by atoms with Gasteiger partial charge < -0.3 is 5.11 Å². The zero-order valence-electron chi connectivity index (χ0n) is 10.2. The number of rotatable bonds is 6. The predicted octanol–water partition coefficient (Wildman–Crippen LogP) is 1.06. The first-order valence-corrected chi connectivity index (χ1v) is 7.28. The molecular formula is C10H17F2NO4S. The van der Waals surface area contributed by atoms with Gasteiger partial charge in [-0.3, -0.25) is 4.79 Å². The monoisotopic (exact) mass is 285 g/mol. The maximum atomic E-state index is 12.6. The van der Waals surface area contributed by atoms with Crippen molar-refractivity contribution in [2.24, 2.45) is 11.8 Å². The van der Waals surface area contributed by atoms with Crippen LogP contribution in [0.1, 0.15) is 26.7 Å². The minimum atomic E-state index is -3.85. The summed E-state index contributed by atoms with van der Waals surface area (Å²) in [6, 6.07) is -1.23. The summed E-state index contributed by atoms with van der Waals surface area (Å²) in [5, 5.41) is 8.85. The number of nitrogens with one attached hydrogen (secondary N) is 1. The van der Waals surface area contributed by atoms with Crippen molar-refractivity contribution in [2.75, 3.05) is 5.75 Å². The second-order valence-electron chi connectivity index (χ2n) is 5.09. The Balaban J connectivity index is 2.57. The molecule has 1 unspecified atom stereocenters. The molecule has 5 nitrogen and oxygen atoms in total. The average Bonchev–Trinajstić information content (AvgIpc) is 2.09. The van der Waals surface area contributed by atoms with E-state index >= 15 is 0 Å². The highest BCUT2D eigenvalue weighted by Crippen LogP contribution is 2.42.